The van der Waals surface area contributed by atoms with Crippen molar-refractivity contribution in [1.82, 2.24) is 4.98 Å². The van der Waals surface area contributed by atoms with Gasteiger partial charge in [0.25, 0.3) is 0 Å². The van der Waals surface area contributed by atoms with Crippen LogP contribution in [-0.2, 0) is 5.41 Å². The molecule has 0 radical (unpaired) electrons. The Bertz CT molecular complexity index is 2720. The van der Waals surface area contributed by atoms with E-state index in [1.807, 2.05) is 0 Å². The number of fused-ring (bicyclic) bond motifs is 18. The zero-order chi connectivity index (χ0) is 30.7. The molecule has 0 saturated carbocycles. The van der Waals surface area contributed by atoms with Gasteiger partial charge in [0.1, 0.15) is 0 Å². The van der Waals surface area contributed by atoms with Gasteiger partial charge in [-0.25, -0.2) is 4.98 Å². The van der Waals surface area contributed by atoms with Gasteiger partial charge in [-0.2, -0.15) is 0 Å². The molecule has 1 heterocycles. The van der Waals surface area contributed by atoms with Crippen LogP contribution in [0.2, 0.25) is 0 Å². The van der Waals surface area contributed by atoms with Crippen molar-refractivity contribution >= 4 is 43.2 Å². The maximum absolute atomic E-state index is 5.53. The van der Waals surface area contributed by atoms with Gasteiger partial charge in [-0.3, -0.25) is 0 Å². The summed E-state index contributed by atoms with van der Waals surface area (Å²) in [5.41, 5.74) is 13.3. The Morgan fingerprint density at radius 3 is 1.43 bits per heavy atom. The maximum atomic E-state index is 5.53. The Labute approximate surface area is 272 Å². The Morgan fingerprint density at radius 1 is 0.362 bits per heavy atom. The maximum Gasteiger partial charge on any atom is 0.0791 e. The van der Waals surface area contributed by atoms with Crippen molar-refractivity contribution in [2.24, 2.45) is 0 Å². The lowest BCUT2D eigenvalue weighted by atomic mass is 9.69. The lowest BCUT2D eigenvalue weighted by molar-refractivity contribution is 0.801. The molecule has 1 nitrogen and oxygen atoms in total. The highest BCUT2D eigenvalue weighted by atomic mass is 14.7. The number of hydrogen-bond donors (Lipinski definition) is 0. The molecule has 0 amide bonds. The molecule has 0 N–H and O–H groups in total. The topological polar surface area (TPSA) is 12.9 Å². The van der Waals surface area contributed by atoms with Crippen molar-refractivity contribution in [2.45, 2.75) is 5.41 Å². The first-order valence-corrected chi connectivity index (χ1v) is 16.4. The second kappa shape index (κ2) is 9.02. The van der Waals surface area contributed by atoms with Crippen LogP contribution in [0.1, 0.15) is 22.3 Å². The van der Waals surface area contributed by atoms with Crippen LogP contribution < -0.4 is 0 Å². The molecule has 0 aliphatic heterocycles. The van der Waals surface area contributed by atoms with Gasteiger partial charge in [0.15, 0.2) is 0 Å². The molecule has 8 aromatic carbocycles. The molecular formula is C46H27N. The minimum Gasteiger partial charge on any atom is -0.247 e. The summed E-state index contributed by atoms with van der Waals surface area (Å²) < 4.78 is 0. The lowest BCUT2D eigenvalue weighted by Gasteiger charge is -2.31. The average molecular weight is 594 g/mol. The molecule has 1 spiro atoms. The second-order valence-corrected chi connectivity index (χ2v) is 13.0. The largest absolute Gasteiger partial charge is 0.247 e. The van der Waals surface area contributed by atoms with Gasteiger partial charge in [0.05, 0.1) is 16.6 Å². The first-order valence-electron chi connectivity index (χ1n) is 16.4. The first kappa shape index (κ1) is 25.2. The van der Waals surface area contributed by atoms with Gasteiger partial charge in [0.2, 0.25) is 0 Å². The molecule has 0 unspecified atom stereocenters. The molecule has 2 aliphatic carbocycles. The molecule has 47 heavy (non-hydrogen) atoms. The van der Waals surface area contributed by atoms with E-state index in [2.05, 4.69) is 164 Å². The van der Waals surface area contributed by atoms with Gasteiger partial charge in [-0.05, 0) is 83.4 Å². The van der Waals surface area contributed by atoms with Gasteiger partial charge in [-0.1, -0.05) is 152 Å². The summed E-state index contributed by atoms with van der Waals surface area (Å²) in [5, 5.41) is 8.89. The average Bonchev–Trinajstić information content (AvgIpc) is 3.62. The van der Waals surface area contributed by atoms with E-state index >= 15 is 0 Å². The molecule has 1 heteroatoms. The quantitative estimate of drug-likeness (QED) is 0.173. The van der Waals surface area contributed by atoms with Gasteiger partial charge < -0.3 is 0 Å². The third-order valence-corrected chi connectivity index (χ3v) is 10.8. The Balaban J connectivity index is 1.32. The highest BCUT2D eigenvalue weighted by Crippen LogP contribution is 2.65. The number of nitrogens with zero attached hydrogens (tertiary/aromatic N) is 1. The predicted octanol–water partition coefficient (Wildman–Crippen LogP) is 11.7. The first-order chi connectivity index (χ1) is 23.3. The Kier molecular flexibility index (Phi) is 4.83. The van der Waals surface area contributed by atoms with Crippen LogP contribution >= 0.6 is 0 Å². The summed E-state index contributed by atoms with van der Waals surface area (Å²) >= 11 is 0. The lowest BCUT2D eigenvalue weighted by Crippen LogP contribution is -2.26. The third-order valence-electron chi connectivity index (χ3n) is 10.8. The number of aromatic nitrogens is 1. The highest BCUT2D eigenvalue weighted by Gasteiger charge is 2.53. The van der Waals surface area contributed by atoms with Crippen molar-refractivity contribution in [1.29, 1.82) is 0 Å². The van der Waals surface area contributed by atoms with E-state index in [4.69, 9.17) is 4.98 Å². The SMILES string of the molecule is c1ccc2c(c1)-c1ccccc1C21c2ccccc2-c2c(-c3ccc4c5ccccc5c5ccccc5c4c3)nc3ccccc3c21. The van der Waals surface area contributed by atoms with Crippen molar-refractivity contribution in [2.75, 3.05) is 0 Å². The van der Waals surface area contributed by atoms with Crippen molar-refractivity contribution in [3.05, 3.63) is 186 Å². The van der Waals surface area contributed by atoms with E-state index in [1.165, 1.54) is 82.2 Å². The number of para-hydroxylation sites is 1. The minimum atomic E-state index is -0.434. The zero-order valence-corrected chi connectivity index (χ0v) is 25.5. The summed E-state index contributed by atoms with van der Waals surface area (Å²) in [4.78, 5) is 5.53. The van der Waals surface area contributed by atoms with Crippen molar-refractivity contribution in [3.8, 4) is 33.5 Å². The fourth-order valence-electron chi connectivity index (χ4n) is 9.08. The summed E-state index contributed by atoms with van der Waals surface area (Å²) in [5.74, 6) is 0. The fourth-order valence-corrected chi connectivity index (χ4v) is 9.08. The van der Waals surface area contributed by atoms with Gasteiger partial charge in [-0.15, -0.1) is 0 Å². The zero-order valence-electron chi connectivity index (χ0n) is 25.5. The Hall–Kier alpha value is -6.05. The van der Waals surface area contributed by atoms with Crippen LogP contribution in [0.15, 0.2) is 164 Å². The number of benzene rings is 8. The number of hydrogen-bond acceptors (Lipinski definition) is 1. The van der Waals surface area contributed by atoms with Crippen LogP contribution in [0, 0.1) is 0 Å². The summed E-state index contributed by atoms with van der Waals surface area (Å²) in [6.45, 7) is 0. The van der Waals surface area contributed by atoms with Gasteiger partial charge in [0, 0.05) is 16.5 Å². The predicted molar refractivity (Wildman–Crippen MR) is 196 cm³/mol. The van der Waals surface area contributed by atoms with Crippen LogP contribution in [0.4, 0.5) is 0 Å². The number of pyridine rings is 1. The summed E-state index contributed by atoms with van der Waals surface area (Å²) in [7, 11) is 0. The van der Waals surface area contributed by atoms with E-state index in [0.717, 1.165) is 16.8 Å². The van der Waals surface area contributed by atoms with E-state index in [9.17, 15) is 0 Å². The monoisotopic (exact) mass is 593 g/mol. The third kappa shape index (κ3) is 3.07. The molecule has 9 aromatic rings. The molecule has 0 fully saturated rings. The summed E-state index contributed by atoms with van der Waals surface area (Å²) in [6.07, 6.45) is 0. The van der Waals surface area contributed by atoms with Gasteiger partial charge >= 0.3 is 0 Å². The molecule has 1 aromatic heterocycles. The van der Waals surface area contributed by atoms with Crippen LogP contribution in [-0.4, -0.2) is 4.98 Å². The minimum absolute atomic E-state index is 0.434. The van der Waals surface area contributed by atoms with E-state index in [1.54, 1.807) is 0 Å². The molecule has 216 valence electrons. The molecule has 0 saturated heterocycles. The number of rotatable bonds is 1. The highest BCUT2D eigenvalue weighted by molar-refractivity contribution is 6.26. The smallest absolute Gasteiger partial charge is 0.0791 e. The fraction of sp³-hybridized carbons (Fsp3) is 0.0217. The molecule has 0 atom stereocenters. The van der Waals surface area contributed by atoms with E-state index in [-0.39, 0.29) is 0 Å². The van der Waals surface area contributed by atoms with E-state index < -0.39 is 5.41 Å². The molecule has 0 bridgehead atoms. The second-order valence-electron chi connectivity index (χ2n) is 13.0. The normalized spacial score (nSPS) is 13.7. The standard InChI is InChI=1S/C46H27N/c1-2-15-31-29(13-1)30-14-3-4-16-32(30)38-27-28(25-26-33(31)38)45-43-36-19-7-11-23-41(36)46(44(43)37-20-8-12-24-42(37)47-45)39-21-9-5-17-34(39)35-18-6-10-22-40(35)46/h1-27H. The van der Waals surface area contributed by atoms with Crippen molar-refractivity contribution in [3.63, 3.8) is 0 Å². The van der Waals surface area contributed by atoms with Crippen LogP contribution in [0.25, 0.3) is 76.7 Å². The van der Waals surface area contributed by atoms with Crippen molar-refractivity contribution < 1.29 is 0 Å². The van der Waals surface area contributed by atoms with Crippen LogP contribution in [0.5, 0.6) is 0 Å². The van der Waals surface area contributed by atoms with E-state index in [0.29, 0.717) is 0 Å². The molecule has 2 aliphatic rings. The summed E-state index contributed by atoms with van der Waals surface area (Å²) in [6, 6.07) is 60.5. The van der Waals surface area contributed by atoms with Crippen LogP contribution in [0.3, 0.4) is 0 Å². The molecule has 11 rings (SSSR count). The molecular weight excluding hydrogens is 567 g/mol. The Morgan fingerprint density at radius 2 is 0.809 bits per heavy atom.